The molecule has 4 rings (SSSR count). The largest absolute Gasteiger partial charge is 0.389 e. The van der Waals surface area contributed by atoms with Crippen LogP contribution in [0.2, 0.25) is 0 Å². The van der Waals surface area contributed by atoms with E-state index in [2.05, 4.69) is 10.2 Å². The quantitative estimate of drug-likeness (QED) is 0.740. The lowest BCUT2D eigenvalue weighted by Crippen LogP contribution is -2.62. The van der Waals surface area contributed by atoms with E-state index in [9.17, 15) is 14.3 Å². The van der Waals surface area contributed by atoms with Gasteiger partial charge in [-0.15, -0.1) is 0 Å². The van der Waals surface area contributed by atoms with Crippen LogP contribution < -0.4 is 5.32 Å². The lowest BCUT2D eigenvalue weighted by atomic mass is 9.78. The molecule has 2 heterocycles. The normalized spacial score (nSPS) is 25.3. The highest BCUT2D eigenvalue weighted by Gasteiger charge is 2.45. The number of β-amino-alcohol motifs (C(OH)–C–C–N with tert-alkyl or cyclic N) is 1. The van der Waals surface area contributed by atoms with E-state index >= 15 is 0 Å². The van der Waals surface area contributed by atoms with E-state index in [1.807, 2.05) is 30.3 Å². The third-order valence-electron chi connectivity index (χ3n) is 6.14. The van der Waals surface area contributed by atoms with Gasteiger partial charge in [-0.3, -0.25) is 4.79 Å². The topological polar surface area (TPSA) is 71.0 Å². The van der Waals surface area contributed by atoms with Gasteiger partial charge in [-0.05, 0) is 30.5 Å². The summed E-state index contributed by atoms with van der Waals surface area (Å²) in [6.07, 6.45) is 1.09. The van der Waals surface area contributed by atoms with E-state index in [4.69, 9.17) is 9.47 Å². The Hall–Kier alpha value is -2.32. The average Bonchev–Trinajstić information content (AvgIpc) is 2.81. The van der Waals surface area contributed by atoms with Crippen LogP contribution in [0, 0.1) is 5.82 Å². The summed E-state index contributed by atoms with van der Waals surface area (Å²) < 4.78 is 25.4. The molecule has 0 unspecified atom stereocenters. The van der Waals surface area contributed by atoms with Crippen molar-refractivity contribution >= 4 is 5.91 Å². The van der Waals surface area contributed by atoms with Gasteiger partial charge in [-0.25, -0.2) is 4.39 Å². The Labute approximate surface area is 182 Å². The monoisotopic (exact) mass is 428 g/mol. The molecule has 166 valence electrons. The van der Waals surface area contributed by atoms with Crippen molar-refractivity contribution in [2.45, 2.75) is 37.2 Å². The van der Waals surface area contributed by atoms with E-state index < -0.39 is 23.4 Å². The Balaban J connectivity index is 1.49. The van der Waals surface area contributed by atoms with Gasteiger partial charge in [0.25, 0.3) is 5.91 Å². The second kappa shape index (κ2) is 9.87. The Morgan fingerprint density at radius 2 is 1.84 bits per heavy atom. The Kier molecular flexibility index (Phi) is 6.97. The maximum absolute atomic E-state index is 14.2. The van der Waals surface area contributed by atoms with Gasteiger partial charge in [0.1, 0.15) is 5.82 Å². The standard InChI is InChI=1S/C24H29FN2O4/c25-20-10-5-4-9-19(20)23(29)26-24(18-7-2-1-3-8-18)12-14-27(17-21(24)28)13-11-22-30-15-6-16-31-22/h1-5,7-10,21-22,28H,6,11-17H2,(H,26,29)/t21-,24-/m1/s1. The summed E-state index contributed by atoms with van der Waals surface area (Å²) in [4.78, 5) is 15.1. The number of nitrogens with one attached hydrogen (secondary N) is 1. The number of hydrogen-bond acceptors (Lipinski definition) is 5. The molecule has 2 saturated heterocycles. The van der Waals surface area contributed by atoms with Gasteiger partial charge < -0.3 is 24.8 Å². The highest BCUT2D eigenvalue weighted by Crippen LogP contribution is 2.34. The van der Waals surface area contributed by atoms with Crippen LogP contribution in [-0.2, 0) is 15.0 Å². The van der Waals surface area contributed by atoms with Crippen molar-refractivity contribution < 1.29 is 23.8 Å². The average molecular weight is 429 g/mol. The van der Waals surface area contributed by atoms with Gasteiger partial charge in [0.05, 0.1) is 30.4 Å². The molecule has 0 aliphatic carbocycles. The summed E-state index contributed by atoms with van der Waals surface area (Å²) in [6.45, 7) is 3.22. The van der Waals surface area contributed by atoms with Crippen molar-refractivity contribution in [3.8, 4) is 0 Å². The molecular weight excluding hydrogens is 399 g/mol. The number of amides is 1. The van der Waals surface area contributed by atoms with Crippen molar-refractivity contribution in [3.05, 3.63) is 71.5 Å². The number of carbonyl (C=O) groups is 1. The molecule has 1 amide bonds. The number of nitrogens with zero attached hydrogens (tertiary/aromatic N) is 1. The third-order valence-corrected chi connectivity index (χ3v) is 6.14. The van der Waals surface area contributed by atoms with Crippen LogP contribution in [0.3, 0.4) is 0 Å². The molecular formula is C24H29FN2O4. The number of hydrogen-bond donors (Lipinski definition) is 2. The van der Waals surface area contributed by atoms with Gasteiger partial charge in [-0.1, -0.05) is 42.5 Å². The van der Waals surface area contributed by atoms with Crippen molar-refractivity contribution in [1.29, 1.82) is 0 Å². The third kappa shape index (κ3) is 4.96. The zero-order valence-corrected chi connectivity index (χ0v) is 17.5. The molecule has 2 aliphatic rings. The van der Waals surface area contributed by atoms with E-state index in [1.54, 1.807) is 12.1 Å². The lowest BCUT2D eigenvalue weighted by molar-refractivity contribution is -0.183. The smallest absolute Gasteiger partial charge is 0.255 e. The summed E-state index contributed by atoms with van der Waals surface area (Å²) in [7, 11) is 0. The van der Waals surface area contributed by atoms with E-state index in [1.165, 1.54) is 12.1 Å². The molecule has 0 spiro atoms. The highest BCUT2D eigenvalue weighted by molar-refractivity contribution is 5.95. The minimum Gasteiger partial charge on any atom is -0.389 e. The second-order valence-electron chi connectivity index (χ2n) is 8.15. The highest BCUT2D eigenvalue weighted by atomic mass is 19.1. The Bertz CT molecular complexity index is 875. The van der Waals surface area contributed by atoms with E-state index in [-0.39, 0.29) is 11.9 Å². The van der Waals surface area contributed by atoms with Gasteiger partial charge in [0.2, 0.25) is 0 Å². The van der Waals surface area contributed by atoms with Crippen LogP contribution in [0.15, 0.2) is 54.6 Å². The molecule has 0 aromatic heterocycles. The SMILES string of the molecule is O=C(N[C@@]1(c2ccccc2)CCN(CCC2OCCCO2)C[C@H]1O)c1ccccc1F. The predicted molar refractivity (Wildman–Crippen MR) is 114 cm³/mol. The first-order valence-electron chi connectivity index (χ1n) is 10.8. The number of benzene rings is 2. The molecule has 0 bridgehead atoms. The number of ether oxygens (including phenoxy) is 2. The van der Waals surface area contributed by atoms with Crippen LogP contribution in [0.1, 0.15) is 35.2 Å². The predicted octanol–water partition coefficient (Wildman–Crippen LogP) is 2.67. The van der Waals surface area contributed by atoms with Gasteiger partial charge in [0.15, 0.2) is 6.29 Å². The molecule has 2 fully saturated rings. The lowest BCUT2D eigenvalue weighted by Gasteiger charge is -2.46. The summed E-state index contributed by atoms with van der Waals surface area (Å²) >= 11 is 0. The fourth-order valence-corrected chi connectivity index (χ4v) is 4.39. The van der Waals surface area contributed by atoms with Crippen LogP contribution in [0.5, 0.6) is 0 Å². The first-order valence-corrected chi connectivity index (χ1v) is 10.8. The maximum Gasteiger partial charge on any atom is 0.255 e. The molecule has 7 heteroatoms. The van der Waals surface area contributed by atoms with Crippen molar-refractivity contribution in [3.63, 3.8) is 0 Å². The van der Waals surface area contributed by atoms with Gasteiger partial charge >= 0.3 is 0 Å². The summed E-state index contributed by atoms with van der Waals surface area (Å²) in [5.41, 5.74) is -0.209. The van der Waals surface area contributed by atoms with Crippen LogP contribution in [-0.4, -0.2) is 61.2 Å². The van der Waals surface area contributed by atoms with Gasteiger partial charge in [-0.2, -0.15) is 0 Å². The molecule has 0 radical (unpaired) electrons. The van der Waals surface area contributed by atoms with Crippen molar-refractivity contribution in [1.82, 2.24) is 10.2 Å². The molecule has 2 atom stereocenters. The molecule has 2 N–H and O–H groups in total. The van der Waals surface area contributed by atoms with E-state index in [0.717, 1.165) is 24.9 Å². The molecule has 2 aliphatic heterocycles. The molecule has 6 nitrogen and oxygen atoms in total. The molecule has 0 saturated carbocycles. The number of carbonyl (C=O) groups excluding carboxylic acids is 1. The number of aliphatic hydroxyl groups is 1. The molecule has 2 aromatic carbocycles. The zero-order chi connectivity index (χ0) is 21.7. The summed E-state index contributed by atoms with van der Waals surface area (Å²) in [5, 5.41) is 14.2. The Morgan fingerprint density at radius 3 is 2.55 bits per heavy atom. The first-order chi connectivity index (χ1) is 15.1. The van der Waals surface area contributed by atoms with Crippen LogP contribution in [0.25, 0.3) is 0 Å². The minimum absolute atomic E-state index is 0.0287. The van der Waals surface area contributed by atoms with Crippen LogP contribution in [0.4, 0.5) is 4.39 Å². The maximum atomic E-state index is 14.2. The van der Waals surface area contributed by atoms with Crippen molar-refractivity contribution in [2.75, 3.05) is 32.8 Å². The number of aliphatic hydroxyl groups excluding tert-OH is 1. The number of piperidine rings is 1. The summed E-state index contributed by atoms with van der Waals surface area (Å²) in [6, 6.07) is 15.3. The van der Waals surface area contributed by atoms with Crippen molar-refractivity contribution in [2.24, 2.45) is 0 Å². The number of rotatable bonds is 6. The fraction of sp³-hybridized carbons (Fsp3) is 0.458. The Morgan fingerprint density at radius 1 is 1.13 bits per heavy atom. The summed E-state index contributed by atoms with van der Waals surface area (Å²) in [5.74, 6) is -1.11. The zero-order valence-electron chi connectivity index (χ0n) is 17.5. The second-order valence-corrected chi connectivity index (χ2v) is 8.15. The molecule has 2 aromatic rings. The number of halogens is 1. The van der Waals surface area contributed by atoms with E-state index in [0.29, 0.717) is 32.7 Å². The first kappa shape index (κ1) is 21.9. The fourth-order valence-electron chi connectivity index (χ4n) is 4.39. The minimum atomic E-state index is -0.991. The molecule has 31 heavy (non-hydrogen) atoms. The van der Waals surface area contributed by atoms with Crippen LogP contribution >= 0.6 is 0 Å². The number of likely N-dealkylation sites (tertiary alicyclic amines) is 1. The van der Waals surface area contributed by atoms with Gasteiger partial charge in [0, 0.05) is 26.1 Å².